The van der Waals surface area contributed by atoms with Crippen molar-refractivity contribution in [2.75, 3.05) is 13.1 Å². The van der Waals surface area contributed by atoms with Crippen LogP contribution in [-0.4, -0.2) is 29.7 Å². The molecule has 0 saturated carbocycles. The van der Waals surface area contributed by atoms with E-state index in [4.69, 9.17) is 0 Å². The van der Waals surface area contributed by atoms with Crippen molar-refractivity contribution in [3.63, 3.8) is 0 Å². The first-order valence-corrected chi connectivity index (χ1v) is 5.73. The van der Waals surface area contributed by atoms with E-state index in [9.17, 15) is 14.0 Å². The number of carbonyl (C=O) groups is 2. The number of nitrogens with zero attached hydrogens (tertiary/aromatic N) is 1. The molecule has 4 heteroatoms. The van der Waals surface area contributed by atoms with Gasteiger partial charge in [0.15, 0.2) is 5.78 Å². The Morgan fingerprint density at radius 2 is 2.00 bits per heavy atom. The summed E-state index contributed by atoms with van der Waals surface area (Å²) in [5, 5.41) is 0. The molecule has 1 heterocycles. The molecule has 0 aromatic heterocycles. The molecule has 1 fully saturated rings. The molecule has 1 aromatic carbocycles. The van der Waals surface area contributed by atoms with Crippen LogP contribution >= 0.6 is 0 Å². The summed E-state index contributed by atoms with van der Waals surface area (Å²) in [5.41, 5.74) is 0.498. The number of benzene rings is 1. The van der Waals surface area contributed by atoms with Crippen molar-refractivity contribution in [1.29, 1.82) is 0 Å². The van der Waals surface area contributed by atoms with E-state index in [2.05, 4.69) is 0 Å². The third kappa shape index (κ3) is 2.90. The second kappa shape index (κ2) is 5.08. The Morgan fingerprint density at radius 1 is 1.29 bits per heavy atom. The lowest BCUT2D eigenvalue weighted by Crippen LogP contribution is -2.27. The van der Waals surface area contributed by atoms with Gasteiger partial charge in [-0.15, -0.1) is 0 Å². The number of rotatable bonds is 4. The number of likely N-dealkylation sites (tertiary alicyclic amines) is 1. The van der Waals surface area contributed by atoms with Gasteiger partial charge in [-0.3, -0.25) is 9.59 Å². The van der Waals surface area contributed by atoms with Gasteiger partial charge in [-0.1, -0.05) is 0 Å². The maximum Gasteiger partial charge on any atom is 0.222 e. The fourth-order valence-corrected chi connectivity index (χ4v) is 1.96. The molecule has 0 aliphatic carbocycles. The van der Waals surface area contributed by atoms with Crippen LogP contribution in [0.2, 0.25) is 0 Å². The molecule has 1 amide bonds. The van der Waals surface area contributed by atoms with Crippen molar-refractivity contribution in [3.8, 4) is 0 Å². The highest BCUT2D eigenvalue weighted by atomic mass is 19.1. The Kier molecular flexibility index (Phi) is 3.52. The first kappa shape index (κ1) is 11.8. The standard InChI is InChI=1S/C13H14FNO2/c14-11-5-3-10(4-6-11)12(16)7-9-15-8-1-2-13(15)17/h3-6H,1-2,7-9H2. The van der Waals surface area contributed by atoms with Gasteiger partial charge in [0.2, 0.25) is 5.91 Å². The predicted molar refractivity (Wildman–Crippen MR) is 61.2 cm³/mol. The molecule has 17 heavy (non-hydrogen) atoms. The largest absolute Gasteiger partial charge is 0.342 e. The predicted octanol–water partition coefficient (Wildman–Crippen LogP) is 2.02. The summed E-state index contributed by atoms with van der Waals surface area (Å²) in [6.45, 7) is 1.21. The van der Waals surface area contributed by atoms with Crippen LogP contribution in [0.25, 0.3) is 0 Å². The zero-order valence-corrected chi connectivity index (χ0v) is 9.49. The molecule has 1 aliphatic rings. The number of carbonyl (C=O) groups excluding carboxylic acids is 2. The summed E-state index contributed by atoms with van der Waals surface area (Å²) >= 11 is 0. The minimum absolute atomic E-state index is 0.0512. The van der Waals surface area contributed by atoms with Crippen molar-refractivity contribution < 1.29 is 14.0 Å². The summed E-state index contributed by atoms with van der Waals surface area (Å²) in [6, 6.07) is 5.50. The maximum atomic E-state index is 12.7. The average molecular weight is 235 g/mol. The molecule has 0 spiro atoms. The average Bonchev–Trinajstić information content (AvgIpc) is 2.73. The minimum atomic E-state index is -0.351. The highest BCUT2D eigenvalue weighted by Gasteiger charge is 2.20. The third-order valence-corrected chi connectivity index (χ3v) is 2.95. The third-order valence-electron chi connectivity index (χ3n) is 2.95. The van der Waals surface area contributed by atoms with E-state index in [1.54, 1.807) is 4.90 Å². The molecule has 90 valence electrons. The number of hydrogen-bond donors (Lipinski definition) is 0. The van der Waals surface area contributed by atoms with Crippen LogP contribution in [0.4, 0.5) is 4.39 Å². The first-order chi connectivity index (χ1) is 8.16. The summed E-state index contributed by atoms with van der Waals surface area (Å²) in [4.78, 5) is 24.8. The Balaban J connectivity index is 1.89. The Bertz CT molecular complexity index is 428. The Hall–Kier alpha value is -1.71. The Morgan fingerprint density at radius 3 is 2.59 bits per heavy atom. The summed E-state index contributed by atoms with van der Waals surface area (Å²) in [6.07, 6.45) is 1.77. The summed E-state index contributed by atoms with van der Waals surface area (Å²) in [7, 11) is 0. The molecule has 0 unspecified atom stereocenters. The van der Waals surface area contributed by atoms with Gasteiger partial charge in [-0.05, 0) is 30.7 Å². The molecule has 1 aromatic rings. The van der Waals surface area contributed by atoms with Crippen LogP contribution < -0.4 is 0 Å². The molecule has 0 N–H and O–H groups in total. The normalized spacial score (nSPS) is 15.4. The first-order valence-electron chi connectivity index (χ1n) is 5.73. The monoisotopic (exact) mass is 235 g/mol. The van der Waals surface area contributed by atoms with Crippen molar-refractivity contribution in [1.82, 2.24) is 4.90 Å². The van der Waals surface area contributed by atoms with E-state index in [1.807, 2.05) is 0 Å². The summed E-state index contributed by atoms with van der Waals surface area (Å²) in [5.74, 6) is -0.280. The number of Topliss-reactive ketones (excluding diaryl/α,β-unsaturated/α-hetero) is 1. The van der Waals surface area contributed by atoms with E-state index < -0.39 is 0 Å². The highest BCUT2D eigenvalue weighted by Crippen LogP contribution is 2.12. The molecule has 3 nitrogen and oxygen atoms in total. The molecule has 0 atom stereocenters. The minimum Gasteiger partial charge on any atom is -0.342 e. The van der Waals surface area contributed by atoms with Gasteiger partial charge in [0.1, 0.15) is 5.82 Å². The van der Waals surface area contributed by atoms with E-state index in [1.165, 1.54) is 24.3 Å². The summed E-state index contributed by atoms with van der Waals surface area (Å²) < 4.78 is 12.7. The molecule has 1 saturated heterocycles. The topological polar surface area (TPSA) is 37.4 Å². The van der Waals surface area contributed by atoms with Gasteiger partial charge in [-0.2, -0.15) is 0 Å². The van der Waals surface area contributed by atoms with Crippen molar-refractivity contribution >= 4 is 11.7 Å². The van der Waals surface area contributed by atoms with Crippen molar-refractivity contribution in [2.45, 2.75) is 19.3 Å². The van der Waals surface area contributed by atoms with E-state index in [0.29, 0.717) is 24.9 Å². The van der Waals surface area contributed by atoms with E-state index >= 15 is 0 Å². The smallest absolute Gasteiger partial charge is 0.222 e. The van der Waals surface area contributed by atoms with Gasteiger partial charge in [-0.25, -0.2) is 4.39 Å². The fourth-order valence-electron chi connectivity index (χ4n) is 1.96. The second-order valence-electron chi connectivity index (χ2n) is 4.16. The van der Waals surface area contributed by atoms with Gasteiger partial charge in [0.05, 0.1) is 0 Å². The highest BCUT2D eigenvalue weighted by molar-refractivity contribution is 5.96. The molecule has 0 radical (unpaired) electrons. The number of amides is 1. The van der Waals surface area contributed by atoms with Crippen molar-refractivity contribution in [2.24, 2.45) is 0 Å². The second-order valence-corrected chi connectivity index (χ2v) is 4.16. The fraction of sp³-hybridized carbons (Fsp3) is 0.385. The van der Waals surface area contributed by atoms with Crippen LogP contribution in [0.1, 0.15) is 29.6 Å². The Labute approximate surface area is 99.2 Å². The molecule has 2 rings (SSSR count). The van der Waals surface area contributed by atoms with Gasteiger partial charge < -0.3 is 4.90 Å². The van der Waals surface area contributed by atoms with Crippen molar-refractivity contribution in [3.05, 3.63) is 35.6 Å². The SMILES string of the molecule is O=C(CCN1CCCC1=O)c1ccc(F)cc1. The van der Waals surface area contributed by atoms with Crippen LogP contribution in [0, 0.1) is 5.82 Å². The zero-order valence-electron chi connectivity index (χ0n) is 9.49. The van der Waals surface area contributed by atoms with Gasteiger partial charge in [0.25, 0.3) is 0 Å². The van der Waals surface area contributed by atoms with Gasteiger partial charge in [0, 0.05) is 31.5 Å². The number of halogens is 1. The zero-order chi connectivity index (χ0) is 12.3. The van der Waals surface area contributed by atoms with Crippen LogP contribution in [0.5, 0.6) is 0 Å². The lowest BCUT2D eigenvalue weighted by atomic mass is 10.1. The molecular formula is C13H14FNO2. The van der Waals surface area contributed by atoms with Crippen LogP contribution in [0.3, 0.4) is 0 Å². The van der Waals surface area contributed by atoms with Crippen LogP contribution in [-0.2, 0) is 4.79 Å². The maximum absolute atomic E-state index is 12.7. The molecule has 0 bridgehead atoms. The van der Waals surface area contributed by atoms with E-state index in [-0.39, 0.29) is 17.5 Å². The lowest BCUT2D eigenvalue weighted by molar-refractivity contribution is -0.127. The quantitative estimate of drug-likeness (QED) is 0.749. The molecule has 1 aliphatic heterocycles. The van der Waals surface area contributed by atoms with Crippen LogP contribution in [0.15, 0.2) is 24.3 Å². The lowest BCUT2D eigenvalue weighted by Gasteiger charge is -2.14. The number of hydrogen-bond acceptors (Lipinski definition) is 2. The number of ketones is 1. The molecular weight excluding hydrogens is 221 g/mol. The van der Waals surface area contributed by atoms with E-state index in [0.717, 1.165) is 13.0 Å². The van der Waals surface area contributed by atoms with Gasteiger partial charge >= 0.3 is 0 Å².